The second-order valence-corrected chi connectivity index (χ2v) is 8.12. The van der Waals surface area contributed by atoms with Crippen molar-refractivity contribution < 1.29 is 24.5 Å². The molecule has 1 aliphatic carbocycles. The largest absolute Gasteiger partial charge is 0.461 e. The van der Waals surface area contributed by atoms with Crippen LogP contribution in [0.3, 0.4) is 0 Å². The molecule has 0 spiro atoms. The molecule has 0 radical (unpaired) electrons. The summed E-state index contributed by atoms with van der Waals surface area (Å²) >= 11 is 0. The highest BCUT2D eigenvalue weighted by molar-refractivity contribution is 5.94. The van der Waals surface area contributed by atoms with Gasteiger partial charge in [-0.2, -0.15) is 0 Å². The summed E-state index contributed by atoms with van der Waals surface area (Å²) in [5.74, 6) is -0.654. The van der Waals surface area contributed by atoms with E-state index >= 15 is 0 Å². The summed E-state index contributed by atoms with van der Waals surface area (Å²) < 4.78 is 5.35. The Kier molecular flexibility index (Phi) is 5.15. The van der Waals surface area contributed by atoms with E-state index in [0.29, 0.717) is 12.3 Å². The zero-order chi connectivity index (χ0) is 17.5. The van der Waals surface area contributed by atoms with Crippen LogP contribution in [0.1, 0.15) is 61.3 Å². The third-order valence-corrected chi connectivity index (χ3v) is 4.85. The second-order valence-electron chi connectivity index (χ2n) is 8.12. The molecule has 22 heavy (non-hydrogen) atoms. The molecule has 0 amide bonds. The van der Waals surface area contributed by atoms with Gasteiger partial charge in [-0.3, -0.25) is 9.59 Å². The minimum Gasteiger partial charge on any atom is -0.461 e. The van der Waals surface area contributed by atoms with Gasteiger partial charge < -0.3 is 14.9 Å². The van der Waals surface area contributed by atoms with Gasteiger partial charge in [-0.1, -0.05) is 27.7 Å². The quantitative estimate of drug-likeness (QED) is 0.776. The number of carbonyl (C=O) groups excluding carboxylic acids is 2. The Morgan fingerprint density at radius 3 is 2.18 bits per heavy atom. The minimum absolute atomic E-state index is 0.199. The maximum atomic E-state index is 12.9. The van der Waals surface area contributed by atoms with Gasteiger partial charge in [0, 0.05) is 12.3 Å². The smallest absolute Gasteiger partial charge is 0.302 e. The van der Waals surface area contributed by atoms with Gasteiger partial charge in [0.25, 0.3) is 0 Å². The molecule has 5 heteroatoms. The fourth-order valence-electron chi connectivity index (χ4n) is 3.71. The van der Waals surface area contributed by atoms with Crippen LogP contribution in [0.4, 0.5) is 0 Å². The zero-order valence-corrected chi connectivity index (χ0v) is 14.8. The highest BCUT2D eigenvalue weighted by Crippen LogP contribution is 2.51. The normalized spacial score (nSPS) is 33.8. The summed E-state index contributed by atoms with van der Waals surface area (Å²) in [5, 5.41) is 21.6. The first-order valence-corrected chi connectivity index (χ1v) is 7.90. The van der Waals surface area contributed by atoms with Crippen LogP contribution in [0.25, 0.3) is 0 Å². The summed E-state index contributed by atoms with van der Waals surface area (Å²) in [6, 6.07) is 0. The first-order valence-electron chi connectivity index (χ1n) is 7.90. The topological polar surface area (TPSA) is 83.8 Å². The number of hydrogen-bond acceptors (Lipinski definition) is 5. The molecule has 1 fully saturated rings. The maximum absolute atomic E-state index is 12.9. The monoisotopic (exact) mass is 314 g/mol. The second kappa shape index (κ2) is 5.93. The Balaban J connectivity index is 3.28. The van der Waals surface area contributed by atoms with Gasteiger partial charge in [0.05, 0.1) is 11.5 Å². The van der Waals surface area contributed by atoms with Gasteiger partial charge in [0.2, 0.25) is 0 Å². The van der Waals surface area contributed by atoms with Crippen molar-refractivity contribution in [1.29, 1.82) is 0 Å². The molecule has 0 aliphatic heterocycles. The van der Waals surface area contributed by atoms with Crippen molar-refractivity contribution in [3.8, 4) is 0 Å². The standard InChI is InChI=1S/C17H30O5/c1-10(2)8-9-17(21)12(19)15(4,5)14(22-11(3)18)16(6,7)13(17)20/h10,12,14,19,21H,8-9H2,1-7H3/t12-,14-,17+/m0/s1. The summed E-state index contributed by atoms with van der Waals surface area (Å²) in [5.41, 5.74) is -3.82. The Bertz CT molecular complexity index is 452. The lowest BCUT2D eigenvalue weighted by Gasteiger charge is -2.55. The van der Waals surface area contributed by atoms with Crippen LogP contribution in [0, 0.1) is 16.7 Å². The van der Waals surface area contributed by atoms with E-state index in [0.717, 1.165) is 0 Å². The number of esters is 1. The van der Waals surface area contributed by atoms with Crippen LogP contribution in [0.15, 0.2) is 0 Å². The third kappa shape index (κ3) is 3.06. The summed E-state index contributed by atoms with van der Waals surface area (Å²) in [6.45, 7) is 12.1. The van der Waals surface area contributed by atoms with Gasteiger partial charge >= 0.3 is 5.97 Å². The lowest BCUT2D eigenvalue weighted by Crippen LogP contribution is -2.71. The number of Topliss-reactive ketones (excluding diaryl/α,β-unsaturated/α-hetero) is 1. The van der Waals surface area contributed by atoms with Crippen LogP contribution in [-0.4, -0.2) is 39.8 Å². The SMILES string of the molecule is CC(=O)O[C@@H]1C(C)(C)C(=O)[C@@](O)(CCC(C)C)[C@@H](O)C1(C)C. The number of ketones is 1. The van der Waals surface area contributed by atoms with Gasteiger partial charge in [-0.15, -0.1) is 0 Å². The fourth-order valence-corrected chi connectivity index (χ4v) is 3.71. The minimum atomic E-state index is -1.81. The van der Waals surface area contributed by atoms with E-state index in [1.807, 2.05) is 13.8 Å². The molecule has 0 saturated heterocycles. The van der Waals surface area contributed by atoms with Crippen molar-refractivity contribution in [3.63, 3.8) is 0 Å². The predicted octanol–water partition coefficient (Wildman–Crippen LogP) is 2.08. The number of aliphatic hydroxyl groups is 2. The summed E-state index contributed by atoms with van der Waals surface area (Å²) in [6.07, 6.45) is -1.25. The van der Waals surface area contributed by atoms with E-state index < -0.39 is 40.4 Å². The average molecular weight is 314 g/mol. The molecule has 0 aromatic heterocycles. The van der Waals surface area contributed by atoms with Crippen molar-refractivity contribution in [2.75, 3.05) is 0 Å². The van der Waals surface area contributed by atoms with Crippen LogP contribution in [0.5, 0.6) is 0 Å². The highest BCUT2D eigenvalue weighted by Gasteiger charge is 2.66. The molecular formula is C17H30O5. The van der Waals surface area contributed by atoms with Crippen LogP contribution >= 0.6 is 0 Å². The van der Waals surface area contributed by atoms with E-state index in [9.17, 15) is 19.8 Å². The molecule has 128 valence electrons. The van der Waals surface area contributed by atoms with E-state index in [1.54, 1.807) is 27.7 Å². The van der Waals surface area contributed by atoms with Gasteiger partial charge in [0.15, 0.2) is 5.78 Å². The van der Waals surface area contributed by atoms with E-state index in [4.69, 9.17) is 4.74 Å². The van der Waals surface area contributed by atoms with Crippen molar-refractivity contribution in [2.45, 2.75) is 79.1 Å². The molecular weight excluding hydrogens is 284 g/mol. The van der Waals surface area contributed by atoms with E-state index in [-0.39, 0.29) is 6.42 Å². The summed E-state index contributed by atoms with van der Waals surface area (Å²) in [7, 11) is 0. The molecule has 1 aliphatic rings. The fraction of sp³-hybridized carbons (Fsp3) is 0.882. The Hall–Kier alpha value is -0.940. The number of ether oxygens (including phenoxy) is 1. The molecule has 0 unspecified atom stereocenters. The number of rotatable bonds is 4. The predicted molar refractivity (Wildman–Crippen MR) is 83.2 cm³/mol. The average Bonchev–Trinajstić information content (AvgIpc) is 2.38. The van der Waals surface area contributed by atoms with E-state index in [2.05, 4.69) is 0 Å². The molecule has 2 N–H and O–H groups in total. The lowest BCUT2D eigenvalue weighted by molar-refractivity contribution is -0.229. The molecule has 0 bridgehead atoms. The molecule has 1 rings (SSSR count). The van der Waals surface area contributed by atoms with Gasteiger partial charge in [-0.25, -0.2) is 0 Å². The van der Waals surface area contributed by atoms with Gasteiger partial charge in [0.1, 0.15) is 11.7 Å². The van der Waals surface area contributed by atoms with Crippen molar-refractivity contribution in [2.24, 2.45) is 16.7 Å². The molecule has 0 aromatic rings. The maximum Gasteiger partial charge on any atom is 0.302 e. The number of carbonyl (C=O) groups is 2. The number of aliphatic hydroxyl groups excluding tert-OH is 1. The van der Waals surface area contributed by atoms with Crippen molar-refractivity contribution >= 4 is 11.8 Å². The third-order valence-electron chi connectivity index (χ3n) is 4.85. The first-order chi connectivity index (χ1) is 9.77. The van der Waals surface area contributed by atoms with Crippen LogP contribution in [-0.2, 0) is 14.3 Å². The Morgan fingerprint density at radius 1 is 1.27 bits per heavy atom. The molecule has 5 nitrogen and oxygen atoms in total. The highest BCUT2D eigenvalue weighted by atomic mass is 16.5. The van der Waals surface area contributed by atoms with Crippen LogP contribution in [0.2, 0.25) is 0 Å². The zero-order valence-electron chi connectivity index (χ0n) is 14.8. The summed E-state index contributed by atoms with van der Waals surface area (Å²) in [4.78, 5) is 24.3. The molecule has 0 heterocycles. The first kappa shape index (κ1) is 19.1. The van der Waals surface area contributed by atoms with Crippen molar-refractivity contribution in [1.82, 2.24) is 0 Å². The molecule has 3 atom stereocenters. The van der Waals surface area contributed by atoms with E-state index in [1.165, 1.54) is 6.92 Å². The Morgan fingerprint density at radius 2 is 1.77 bits per heavy atom. The van der Waals surface area contributed by atoms with Crippen molar-refractivity contribution in [3.05, 3.63) is 0 Å². The Labute approximate surface area is 133 Å². The van der Waals surface area contributed by atoms with Gasteiger partial charge in [-0.05, 0) is 32.6 Å². The molecule has 1 saturated carbocycles. The lowest BCUT2D eigenvalue weighted by atomic mass is 9.54. The number of hydrogen-bond donors (Lipinski definition) is 2. The van der Waals surface area contributed by atoms with Crippen LogP contribution < -0.4 is 0 Å². The molecule has 0 aromatic carbocycles.